The highest BCUT2D eigenvalue weighted by Gasteiger charge is 1.97. The van der Waals surface area contributed by atoms with Crippen LogP contribution in [0.3, 0.4) is 0 Å². The first-order valence-electron chi connectivity index (χ1n) is 5.29. The molecule has 0 aliphatic carbocycles. The first-order chi connectivity index (χ1) is 8.28. The Kier molecular flexibility index (Phi) is 3.51. The van der Waals surface area contributed by atoms with Crippen LogP contribution in [0, 0.1) is 6.92 Å². The molecule has 0 spiro atoms. The smallest absolute Gasteiger partial charge is 0.145 e. The number of aryl methyl sites for hydroxylation is 1. The zero-order valence-electron chi connectivity index (χ0n) is 9.59. The second kappa shape index (κ2) is 5.26. The summed E-state index contributed by atoms with van der Waals surface area (Å²) in [5.41, 5.74) is 3.62. The zero-order valence-corrected chi connectivity index (χ0v) is 9.59. The second-order valence-electron chi connectivity index (χ2n) is 3.64. The number of hydrogen-bond acceptors (Lipinski definition) is 6. The van der Waals surface area contributed by atoms with Gasteiger partial charge < -0.3 is 10.7 Å². The predicted octanol–water partition coefficient (Wildman–Crippen LogP) is 0.379. The third-order valence-electron chi connectivity index (χ3n) is 2.22. The van der Waals surface area contributed by atoms with Crippen LogP contribution in [0.1, 0.15) is 5.56 Å². The minimum absolute atomic E-state index is 0.581. The van der Waals surface area contributed by atoms with E-state index < -0.39 is 0 Å². The van der Waals surface area contributed by atoms with Gasteiger partial charge in [-0.1, -0.05) is 0 Å². The number of nitrogens with two attached hydrogens (primary N) is 1. The fourth-order valence-corrected chi connectivity index (χ4v) is 1.42. The maximum Gasteiger partial charge on any atom is 0.145 e. The van der Waals surface area contributed by atoms with Gasteiger partial charge >= 0.3 is 0 Å². The lowest BCUT2D eigenvalue weighted by atomic mass is 10.4. The highest BCUT2D eigenvalue weighted by atomic mass is 15.3. The van der Waals surface area contributed by atoms with Crippen LogP contribution in [0.15, 0.2) is 24.8 Å². The molecule has 0 radical (unpaired) electrons. The summed E-state index contributed by atoms with van der Waals surface area (Å²) in [4.78, 5) is 8.00. The van der Waals surface area contributed by atoms with E-state index >= 15 is 0 Å². The van der Waals surface area contributed by atoms with Gasteiger partial charge in [-0.2, -0.15) is 5.10 Å². The standard InChI is InChI=1S/C10H15N7/c1-8-5-15-17(6-8)3-2-12-9-4-10(16-11)14-7-13-9/h4-7H,2-3,11H2,1H3,(H2,12,13,14,16). The first kappa shape index (κ1) is 11.3. The van der Waals surface area contributed by atoms with Crippen LogP contribution in [0.5, 0.6) is 0 Å². The highest BCUT2D eigenvalue weighted by Crippen LogP contribution is 2.06. The molecule has 90 valence electrons. The number of nitrogens with one attached hydrogen (secondary N) is 2. The number of hydrogen-bond donors (Lipinski definition) is 3. The first-order valence-corrected chi connectivity index (χ1v) is 5.29. The van der Waals surface area contributed by atoms with E-state index in [2.05, 4.69) is 25.8 Å². The summed E-state index contributed by atoms with van der Waals surface area (Å²) in [5, 5.41) is 7.36. The molecule has 0 amide bonds. The summed E-state index contributed by atoms with van der Waals surface area (Å²) in [6.07, 6.45) is 5.28. The minimum atomic E-state index is 0.581. The van der Waals surface area contributed by atoms with E-state index in [1.807, 2.05) is 24.0 Å². The van der Waals surface area contributed by atoms with Crippen molar-refractivity contribution in [2.75, 3.05) is 17.3 Å². The number of aromatic nitrogens is 4. The molecule has 17 heavy (non-hydrogen) atoms. The molecule has 0 aliphatic rings. The van der Waals surface area contributed by atoms with Gasteiger partial charge in [0.25, 0.3) is 0 Å². The molecule has 0 atom stereocenters. The van der Waals surface area contributed by atoms with Crippen LogP contribution in [0.4, 0.5) is 11.6 Å². The number of hydrazine groups is 1. The molecule has 0 unspecified atom stereocenters. The molecule has 2 heterocycles. The van der Waals surface area contributed by atoms with Gasteiger partial charge in [-0.05, 0) is 12.5 Å². The predicted molar refractivity (Wildman–Crippen MR) is 65.3 cm³/mol. The lowest BCUT2D eigenvalue weighted by Gasteiger charge is -2.06. The summed E-state index contributed by atoms with van der Waals surface area (Å²) in [6, 6.07) is 1.74. The average Bonchev–Trinajstić information content (AvgIpc) is 2.75. The van der Waals surface area contributed by atoms with Crippen molar-refractivity contribution in [1.29, 1.82) is 0 Å². The SMILES string of the molecule is Cc1cnn(CCNc2cc(NN)ncn2)c1. The number of rotatable bonds is 5. The summed E-state index contributed by atoms with van der Waals surface area (Å²) < 4.78 is 1.88. The van der Waals surface area contributed by atoms with E-state index in [0.29, 0.717) is 5.82 Å². The van der Waals surface area contributed by atoms with Crippen molar-refractivity contribution < 1.29 is 0 Å². The Morgan fingerprint density at radius 3 is 2.88 bits per heavy atom. The van der Waals surface area contributed by atoms with Crippen LogP contribution in [-0.2, 0) is 6.54 Å². The molecule has 0 saturated heterocycles. The van der Waals surface area contributed by atoms with Gasteiger partial charge in [-0.15, -0.1) is 0 Å². The summed E-state index contributed by atoms with van der Waals surface area (Å²) >= 11 is 0. The lowest BCUT2D eigenvalue weighted by molar-refractivity contribution is 0.636. The maximum absolute atomic E-state index is 5.26. The Labute approximate surface area is 99.0 Å². The van der Waals surface area contributed by atoms with Crippen molar-refractivity contribution in [3.63, 3.8) is 0 Å². The molecule has 2 aromatic rings. The molecule has 0 aliphatic heterocycles. The Morgan fingerprint density at radius 2 is 2.18 bits per heavy atom. The normalized spacial score (nSPS) is 10.2. The van der Waals surface area contributed by atoms with Crippen LogP contribution in [0.25, 0.3) is 0 Å². The van der Waals surface area contributed by atoms with E-state index in [9.17, 15) is 0 Å². The molecule has 7 nitrogen and oxygen atoms in total. The number of anilines is 2. The van der Waals surface area contributed by atoms with Crippen molar-refractivity contribution in [3.8, 4) is 0 Å². The van der Waals surface area contributed by atoms with E-state index in [1.165, 1.54) is 6.33 Å². The van der Waals surface area contributed by atoms with E-state index in [4.69, 9.17) is 5.84 Å². The number of nitrogen functional groups attached to an aromatic ring is 1. The van der Waals surface area contributed by atoms with Crippen LogP contribution >= 0.6 is 0 Å². The maximum atomic E-state index is 5.26. The monoisotopic (exact) mass is 233 g/mol. The quantitative estimate of drug-likeness (QED) is 0.510. The molecule has 4 N–H and O–H groups in total. The van der Waals surface area contributed by atoms with Crippen LogP contribution in [-0.4, -0.2) is 26.3 Å². The van der Waals surface area contributed by atoms with Gasteiger partial charge in [0.05, 0.1) is 12.7 Å². The van der Waals surface area contributed by atoms with E-state index in [1.54, 1.807) is 6.07 Å². The number of nitrogens with zero attached hydrogens (tertiary/aromatic N) is 4. The van der Waals surface area contributed by atoms with Gasteiger partial charge in [0.1, 0.15) is 18.0 Å². The Hall–Kier alpha value is -2.15. The van der Waals surface area contributed by atoms with Gasteiger partial charge in [-0.3, -0.25) is 4.68 Å². The van der Waals surface area contributed by atoms with Gasteiger partial charge in [-0.25, -0.2) is 15.8 Å². The Balaban J connectivity index is 1.85. The van der Waals surface area contributed by atoms with Gasteiger partial charge in [0.15, 0.2) is 0 Å². The molecule has 0 fully saturated rings. The molecule has 2 rings (SSSR count). The average molecular weight is 233 g/mol. The van der Waals surface area contributed by atoms with Crippen molar-refractivity contribution in [2.24, 2.45) is 5.84 Å². The second-order valence-corrected chi connectivity index (χ2v) is 3.64. The highest BCUT2D eigenvalue weighted by molar-refractivity contribution is 5.45. The Bertz CT molecular complexity index is 479. The summed E-state index contributed by atoms with van der Waals surface area (Å²) in [7, 11) is 0. The molecule has 0 bridgehead atoms. The minimum Gasteiger partial charge on any atom is -0.368 e. The van der Waals surface area contributed by atoms with E-state index in [0.717, 1.165) is 24.5 Å². The van der Waals surface area contributed by atoms with E-state index in [-0.39, 0.29) is 0 Å². The lowest BCUT2D eigenvalue weighted by Crippen LogP contribution is -2.13. The fraction of sp³-hybridized carbons (Fsp3) is 0.300. The molecule has 7 heteroatoms. The molecule has 0 aromatic carbocycles. The zero-order chi connectivity index (χ0) is 12.1. The van der Waals surface area contributed by atoms with Crippen molar-refractivity contribution >= 4 is 11.6 Å². The van der Waals surface area contributed by atoms with Crippen LogP contribution < -0.4 is 16.6 Å². The summed E-state index contributed by atoms with van der Waals surface area (Å²) in [5.74, 6) is 6.57. The van der Waals surface area contributed by atoms with Gasteiger partial charge in [0.2, 0.25) is 0 Å². The van der Waals surface area contributed by atoms with Crippen molar-refractivity contribution in [1.82, 2.24) is 19.7 Å². The van der Waals surface area contributed by atoms with Crippen molar-refractivity contribution in [3.05, 3.63) is 30.4 Å². The third kappa shape index (κ3) is 3.15. The molecule has 0 saturated carbocycles. The third-order valence-corrected chi connectivity index (χ3v) is 2.22. The summed E-state index contributed by atoms with van der Waals surface area (Å²) in [6.45, 7) is 3.53. The van der Waals surface area contributed by atoms with Crippen molar-refractivity contribution in [2.45, 2.75) is 13.5 Å². The molecule has 2 aromatic heterocycles. The fourth-order valence-electron chi connectivity index (χ4n) is 1.42. The largest absolute Gasteiger partial charge is 0.368 e. The van der Waals surface area contributed by atoms with Crippen LogP contribution in [0.2, 0.25) is 0 Å². The molecular formula is C10H15N7. The Morgan fingerprint density at radius 1 is 1.35 bits per heavy atom. The topological polar surface area (TPSA) is 93.7 Å². The molecular weight excluding hydrogens is 218 g/mol. The van der Waals surface area contributed by atoms with Gasteiger partial charge in [0, 0.05) is 18.8 Å².